The van der Waals surface area contributed by atoms with Crippen LogP contribution in [0, 0.1) is 5.82 Å². The molecule has 3 heterocycles. The maximum Gasteiger partial charge on any atom is 0.123 e. The van der Waals surface area contributed by atoms with Crippen LogP contribution in [0.3, 0.4) is 0 Å². The Bertz CT molecular complexity index is 898. The molecule has 0 saturated carbocycles. The zero-order valence-corrected chi connectivity index (χ0v) is 20.8. The van der Waals surface area contributed by atoms with E-state index in [2.05, 4.69) is 53.8 Å². The molecule has 1 aromatic carbocycles. The van der Waals surface area contributed by atoms with Crippen LogP contribution in [0.5, 0.6) is 0 Å². The van der Waals surface area contributed by atoms with Gasteiger partial charge in [-0.1, -0.05) is 38.1 Å². The van der Waals surface area contributed by atoms with Crippen molar-refractivity contribution in [2.45, 2.75) is 70.1 Å². The number of nitrogens with zero attached hydrogens (tertiary/aromatic N) is 1. The van der Waals surface area contributed by atoms with Gasteiger partial charge in [-0.05, 0) is 79.2 Å². The molecule has 2 aromatic heterocycles. The van der Waals surface area contributed by atoms with Crippen LogP contribution in [0.2, 0.25) is 0 Å². The molecule has 0 radical (unpaired) electrons. The van der Waals surface area contributed by atoms with Crippen molar-refractivity contribution in [3.05, 3.63) is 80.4 Å². The third-order valence-corrected chi connectivity index (χ3v) is 8.94. The summed E-state index contributed by atoms with van der Waals surface area (Å²) in [5.41, 5.74) is 1.20. The van der Waals surface area contributed by atoms with Crippen LogP contribution in [0.25, 0.3) is 0 Å². The molecular weight excluding hydrogens is 437 g/mol. The summed E-state index contributed by atoms with van der Waals surface area (Å²) in [6, 6.07) is 16.0. The molecular formula is C27H34FNOS2. The van der Waals surface area contributed by atoms with Crippen LogP contribution >= 0.6 is 22.7 Å². The molecule has 0 bridgehead atoms. The minimum Gasteiger partial charge on any atom is -0.375 e. The van der Waals surface area contributed by atoms with Crippen molar-refractivity contribution in [2.24, 2.45) is 0 Å². The normalized spacial score (nSPS) is 20.6. The molecule has 5 heteroatoms. The second kappa shape index (κ2) is 10.6. The fraction of sp³-hybridized carbons (Fsp3) is 0.481. The standard InChI is InChI=1S/C27H34FNOS2/c1-3-27(4-2)21-26(14-16-30-27,22-9-11-23(28)12-10-22)13-15-29(19-24-7-5-17-31-24)20-25-8-6-18-32-25/h5-12,17-18H,3-4,13-16,19-21H2,1-2H3. The largest absolute Gasteiger partial charge is 0.375 e. The summed E-state index contributed by atoms with van der Waals surface area (Å²) in [6.45, 7) is 8.20. The van der Waals surface area contributed by atoms with Gasteiger partial charge in [0.2, 0.25) is 0 Å². The second-order valence-corrected chi connectivity index (χ2v) is 11.1. The molecule has 1 unspecified atom stereocenters. The molecule has 1 atom stereocenters. The fourth-order valence-corrected chi connectivity index (χ4v) is 6.66. The first-order valence-corrected chi connectivity index (χ1v) is 13.5. The van der Waals surface area contributed by atoms with E-state index in [4.69, 9.17) is 4.74 Å². The highest BCUT2D eigenvalue weighted by Crippen LogP contribution is 2.47. The average Bonchev–Trinajstić information content (AvgIpc) is 3.52. The van der Waals surface area contributed by atoms with Crippen molar-refractivity contribution < 1.29 is 9.13 Å². The van der Waals surface area contributed by atoms with Gasteiger partial charge in [0.15, 0.2) is 0 Å². The van der Waals surface area contributed by atoms with Gasteiger partial charge >= 0.3 is 0 Å². The first-order valence-electron chi connectivity index (χ1n) is 11.7. The number of rotatable bonds is 10. The molecule has 4 rings (SSSR count). The summed E-state index contributed by atoms with van der Waals surface area (Å²) in [6.07, 6.45) is 5.08. The summed E-state index contributed by atoms with van der Waals surface area (Å²) >= 11 is 3.66. The summed E-state index contributed by atoms with van der Waals surface area (Å²) < 4.78 is 20.1. The topological polar surface area (TPSA) is 12.5 Å². The first kappa shape index (κ1) is 23.6. The van der Waals surface area contributed by atoms with Gasteiger partial charge in [-0.15, -0.1) is 22.7 Å². The van der Waals surface area contributed by atoms with E-state index in [9.17, 15) is 4.39 Å². The third-order valence-electron chi connectivity index (χ3n) is 7.22. The number of halogens is 1. The van der Waals surface area contributed by atoms with Crippen molar-refractivity contribution in [2.75, 3.05) is 13.2 Å². The lowest BCUT2D eigenvalue weighted by Gasteiger charge is -2.48. The molecule has 32 heavy (non-hydrogen) atoms. The predicted molar refractivity (Wildman–Crippen MR) is 134 cm³/mol. The van der Waals surface area contributed by atoms with Crippen LogP contribution in [0.15, 0.2) is 59.3 Å². The minimum absolute atomic E-state index is 0.0150. The summed E-state index contributed by atoms with van der Waals surface area (Å²) in [5.74, 6) is -0.162. The van der Waals surface area contributed by atoms with Gasteiger partial charge in [0, 0.05) is 34.9 Å². The molecule has 172 valence electrons. The van der Waals surface area contributed by atoms with E-state index in [0.29, 0.717) is 0 Å². The summed E-state index contributed by atoms with van der Waals surface area (Å²) in [7, 11) is 0. The lowest BCUT2D eigenvalue weighted by molar-refractivity contribution is -0.113. The Morgan fingerprint density at radius 1 is 0.938 bits per heavy atom. The van der Waals surface area contributed by atoms with E-state index < -0.39 is 0 Å². The number of hydrogen-bond donors (Lipinski definition) is 0. The molecule has 2 nitrogen and oxygen atoms in total. The minimum atomic E-state index is -0.162. The Hall–Kier alpha value is -1.53. The molecule has 1 saturated heterocycles. The predicted octanol–water partition coefficient (Wildman–Crippen LogP) is 7.65. The average molecular weight is 472 g/mol. The highest BCUT2D eigenvalue weighted by atomic mass is 32.1. The SMILES string of the molecule is CCC1(CC)CC(CCN(Cc2cccs2)Cc2cccs2)(c2ccc(F)cc2)CCO1. The highest BCUT2D eigenvalue weighted by Gasteiger charge is 2.45. The zero-order chi connectivity index (χ0) is 22.4. The zero-order valence-electron chi connectivity index (χ0n) is 19.2. The molecule has 0 amide bonds. The van der Waals surface area contributed by atoms with Crippen LogP contribution in [-0.4, -0.2) is 23.7 Å². The first-order chi connectivity index (χ1) is 15.6. The van der Waals surface area contributed by atoms with E-state index in [1.165, 1.54) is 15.3 Å². The Morgan fingerprint density at radius 3 is 2.09 bits per heavy atom. The van der Waals surface area contributed by atoms with Crippen molar-refractivity contribution in [1.82, 2.24) is 4.90 Å². The van der Waals surface area contributed by atoms with E-state index in [0.717, 1.165) is 58.3 Å². The smallest absolute Gasteiger partial charge is 0.123 e. The lowest BCUT2D eigenvalue weighted by atomic mass is 9.65. The maximum absolute atomic E-state index is 13.8. The molecule has 3 aromatic rings. The van der Waals surface area contributed by atoms with Crippen molar-refractivity contribution in [3.63, 3.8) is 0 Å². The molecule has 0 spiro atoms. The van der Waals surface area contributed by atoms with Crippen LogP contribution in [0.1, 0.15) is 61.3 Å². The van der Waals surface area contributed by atoms with E-state index in [-0.39, 0.29) is 16.8 Å². The number of thiophene rings is 2. The van der Waals surface area contributed by atoms with Gasteiger partial charge in [0.25, 0.3) is 0 Å². The Labute approximate surface area is 200 Å². The van der Waals surface area contributed by atoms with Crippen molar-refractivity contribution in [3.8, 4) is 0 Å². The number of hydrogen-bond acceptors (Lipinski definition) is 4. The highest BCUT2D eigenvalue weighted by molar-refractivity contribution is 7.10. The van der Waals surface area contributed by atoms with Crippen molar-refractivity contribution >= 4 is 22.7 Å². The van der Waals surface area contributed by atoms with Gasteiger partial charge < -0.3 is 4.74 Å². The summed E-state index contributed by atoms with van der Waals surface area (Å²) in [4.78, 5) is 5.39. The van der Waals surface area contributed by atoms with Gasteiger partial charge in [-0.25, -0.2) is 4.39 Å². The molecule has 0 aliphatic carbocycles. The Kier molecular flexibility index (Phi) is 7.83. The van der Waals surface area contributed by atoms with Gasteiger partial charge in [-0.3, -0.25) is 4.90 Å². The van der Waals surface area contributed by atoms with E-state index >= 15 is 0 Å². The van der Waals surface area contributed by atoms with Gasteiger partial charge in [0.05, 0.1) is 5.60 Å². The van der Waals surface area contributed by atoms with E-state index in [1.807, 2.05) is 34.8 Å². The molecule has 1 aliphatic rings. The second-order valence-electron chi connectivity index (χ2n) is 9.07. The lowest BCUT2D eigenvalue weighted by Crippen LogP contribution is -2.48. The Morgan fingerprint density at radius 2 is 1.56 bits per heavy atom. The molecule has 1 aliphatic heterocycles. The Balaban J connectivity index is 1.59. The van der Waals surface area contributed by atoms with Gasteiger partial charge in [-0.2, -0.15) is 0 Å². The fourth-order valence-electron chi connectivity index (χ4n) is 5.16. The number of ether oxygens (including phenoxy) is 1. The third kappa shape index (κ3) is 5.51. The van der Waals surface area contributed by atoms with Gasteiger partial charge in [0.1, 0.15) is 5.82 Å². The van der Waals surface area contributed by atoms with Crippen LogP contribution in [0.4, 0.5) is 4.39 Å². The maximum atomic E-state index is 13.8. The monoisotopic (exact) mass is 471 g/mol. The molecule has 0 N–H and O–H groups in total. The van der Waals surface area contributed by atoms with Crippen molar-refractivity contribution in [1.29, 1.82) is 0 Å². The quantitative estimate of drug-likeness (QED) is 0.301. The molecule has 1 fully saturated rings. The van der Waals surface area contributed by atoms with Crippen LogP contribution < -0.4 is 0 Å². The number of benzene rings is 1. The summed E-state index contributed by atoms with van der Waals surface area (Å²) in [5, 5.41) is 4.32. The van der Waals surface area contributed by atoms with E-state index in [1.54, 1.807) is 12.1 Å². The van der Waals surface area contributed by atoms with Crippen LogP contribution in [-0.2, 0) is 23.2 Å².